The van der Waals surface area contributed by atoms with Crippen molar-refractivity contribution in [1.29, 1.82) is 0 Å². The maximum atomic E-state index is 4.42. The molecule has 17 heavy (non-hydrogen) atoms. The Kier molecular flexibility index (Phi) is 6.78. The smallest absolute Gasteiger partial charge is 0.145 e. The number of hydrogen-bond donors (Lipinski definition) is 1. The number of aryl methyl sites for hydroxylation is 1. The molecule has 0 bridgehead atoms. The van der Waals surface area contributed by atoms with Gasteiger partial charge in [0.25, 0.3) is 0 Å². The van der Waals surface area contributed by atoms with Gasteiger partial charge in [0, 0.05) is 12.4 Å². The summed E-state index contributed by atoms with van der Waals surface area (Å²) in [7, 11) is 0. The summed E-state index contributed by atoms with van der Waals surface area (Å²) < 4.78 is 0. The fourth-order valence-electron chi connectivity index (χ4n) is 1.93. The number of aromatic nitrogens is 2. The molecule has 0 saturated heterocycles. The van der Waals surface area contributed by atoms with Crippen LogP contribution in [0.5, 0.6) is 0 Å². The summed E-state index contributed by atoms with van der Waals surface area (Å²) in [6.07, 6.45) is 10.1. The first-order chi connectivity index (χ1) is 8.27. The van der Waals surface area contributed by atoms with Crippen molar-refractivity contribution in [3.05, 3.63) is 23.8 Å². The molecule has 1 unspecified atom stereocenters. The van der Waals surface area contributed by atoms with Gasteiger partial charge in [-0.2, -0.15) is 0 Å². The van der Waals surface area contributed by atoms with E-state index in [4.69, 9.17) is 0 Å². The van der Waals surface area contributed by atoms with Crippen LogP contribution in [0.1, 0.15) is 63.4 Å². The van der Waals surface area contributed by atoms with Crippen molar-refractivity contribution < 1.29 is 0 Å². The van der Waals surface area contributed by atoms with E-state index in [1.807, 2.05) is 19.3 Å². The van der Waals surface area contributed by atoms with E-state index < -0.39 is 0 Å². The molecule has 0 amide bonds. The highest BCUT2D eigenvalue weighted by atomic mass is 15.0. The third-order valence-electron chi connectivity index (χ3n) is 2.91. The van der Waals surface area contributed by atoms with Crippen molar-refractivity contribution in [3.63, 3.8) is 0 Å². The Balaban J connectivity index is 2.49. The molecule has 0 saturated carbocycles. The van der Waals surface area contributed by atoms with Gasteiger partial charge in [0.05, 0.1) is 6.04 Å². The molecule has 1 atom stereocenters. The van der Waals surface area contributed by atoms with E-state index in [1.165, 1.54) is 25.7 Å². The van der Waals surface area contributed by atoms with Crippen LogP contribution in [0.3, 0.4) is 0 Å². The lowest BCUT2D eigenvalue weighted by atomic mass is 10.1. The first-order valence-corrected chi connectivity index (χ1v) is 6.79. The average Bonchev–Trinajstić information content (AvgIpc) is 2.34. The van der Waals surface area contributed by atoms with Gasteiger partial charge in [0.15, 0.2) is 0 Å². The third kappa shape index (κ3) is 5.26. The number of hydrogen-bond acceptors (Lipinski definition) is 3. The molecule has 0 aliphatic rings. The van der Waals surface area contributed by atoms with E-state index >= 15 is 0 Å². The average molecular weight is 235 g/mol. The SMILES string of the molecule is CCCCCCC(NCC)c1ncc(C)cn1. The lowest BCUT2D eigenvalue weighted by Gasteiger charge is -2.16. The summed E-state index contributed by atoms with van der Waals surface area (Å²) in [6.45, 7) is 7.36. The van der Waals surface area contributed by atoms with Crippen LogP contribution in [-0.4, -0.2) is 16.5 Å². The third-order valence-corrected chi connectivity index (χ3v) is 2.91. The van der Waals surface area contributed by atoms with Crippen LogP contribution in [0.25, 0.3) is 0 Å². The molecule has 1 aromatic heterocycles. The van der Waals surface area contributed by atoms with E-state index in [0.717, 1.165) is 24.4 Å². The molecule has 0 aliphatic heterocycles. The topological polar surface area (TPSA) is 37.8 Å². The van der Waals surface area contributed by atoms with Crippen LogP contribution in [-0.2, 0) is 0 Å². The second-order valence-electron chi connectivity index (χ2n) is 4.58. The molecule has 96 valence electrons. The highest BCUT2D eigenvalue weighted by molar-refractivity contribution is 5.04. The van der Waals surface area contributed by atoms with Gasteiger partial charge in [0.2, 0.25) is 0 Å². The van der Waals surface area contributed by atoms with Crippen LogP contribution < -0.4 is 5.32 Å². The maximum Gasteiger partial charge on any atom is 0.145 e. The Bertz CT molecular complexity index is 295. The van der Waals surface area contributed by atoms with E-state index in [2.05, 4.69) is 29.1 Å². The predicted molar refractivity (Wildman–Crippen MR) is 71.9 cm³/mol. The summed E-state index contributed by atoms with van der Waals surface area (Å²) >= 11 is 0. The first kappa shape index (κ1) is 14.1. The fraction of sp³-hybridized carbons (Fsp3) is 0.714. The maximum absolute atomic E-state index is 4.42. The van der Waals surface area contributed by atoms with Crippen LogP contribution in [0.15, 0.2) is 12.4 Å². The summed E-state index contributed by atoms with van der Waals surface area (Å²) in [5, 5.41) is 3.47. The van der Waals surface area contributed by atoms with Crippen molar-refractivity contribution >= 4 is 0 Å². The van der Waals surface area contributed by atoms with Gasteiger partial charge in [-0.15, -0.1) is 0 Å². The zero-order chi connectivity index (χ0) is 12.5. The Labute approximate surface area is 105 Å². The molecule has 1 rings (SSSR count). The standard InChI is InChI=1S/C14H25N3/c1-4-6-7-8-9-13(15-5-2)14-16-10-12(3)11-17-14/h10-11,13,15H,4-9H2,1-3H3. The largest absolute Gasteiger partial charge is 0.308 e. The molecule has 1 heterocycles. The second kappa shape index (κ2) is 8.18. The minimum atomic E-state index is 0.317. The minimum absolute atomic E-state index is 0.317. The Morgan fingerprint density at radius 3 is 2.41 bits per heavy atom. The van der Waals surface area contributed by atoms with Gasteiger partial charge in [-0.1, -0.05) is 39.5 Å². The lowest BCUT2D eigenvalue weighted by Crippen LogP contribution is -2.23. The molecular formula is C14H25N3. The second-order valence-corrected chi connectivity index (χ2v) is 4.58. The Morgan fingerprint density at radius 1 is 1.12 bits per heavy atom. The van der Waals surface area contributed by atoms with Gasteiger partial charge < -0.3 is 5.32 Å². The molecular weight excluding hydrogens is 210 g/mol. The number of nitrogens with one attached hydrogen (secondary N) is 1. The molecule has 0 fully saturated rings. The zero-order valence-electron chi connectivity index (χ0n) is 11.4. The van der Waals surface area contributed by atoms with Crippen molar-refractivity contribution in [2.45, 2.75) is 58.9 Å². The van der Waals surface area contributed by atoms with Crippen LogP contribution in [0, 0.1) is 6.92 Å². The van der Waals surface area contributed by atoms with Gasteiger partial charge in [0.1, 0.15) is 5.82 Å². The Morgan fingerprint density at radius 2 is 1.82 bits per heavy atom. The molecule has 1 aromatic rings. The highest BCUT2D eigenvalue weighted by Crippen LogP contribution is 2.16. The Hall–Kier alpha value is -0.960. The van der Waals surface area contributed by atoms with Crippen LogP contribution in [0.4, 0.5) is 0 Å². The first-order valence-electron chi connectivity index (χ1n) is 6.79. The highest BCUT2D eigenvalue weighted by Gasteiger charge is 2.12. The predicted octanol–water partition coefficient (Wildman–Crippen LogP) is 3.41. The van der Waals surface area contributed by atoms with Crippen LogP contribution >= 0.6 is 0 Å². The van der Waals surface area contributed by atoms with Crippen molar-refractivity contribution in [1.82, 2.24) is 15.3 Å². The van der Waals surface area contributed by atoms with Gasteiger partial charge in [-0.3, -0.25) is 0 Å². The zero-order valence-corrected chi connectivity index (χ0v) is 11.4. The molecule has 1 N–H and O–H groups in total. The van der Waals surface area contributed by atoms with Gasteiger partial charge in [-0.25, -0.2) is 9.97 Å². The quantitative estimate of drug-likeness (QED) is 0.702. The number of nitrogens with zero attached hydrogens (tertiary/aromatic N) is 2. The molecule has 0 aliphatic carbocycles. The van der Waals surface area contributed by atoms with Crippen molar-refractivity contribution in [2.75, 3.05) is 6.54 Å². The number of unbranched alkanes of at least 4 members (excludes halogenated alkanes) is 3. The van der Waals surface area contributed by atoms with Gasteiger partial charge >= 0.3 is 0 Å². The van der Waals surface area contributed by atoms with Crippen molar-refractivity contribution in [3.8, 4) is 0 Å². The van der Waals surface area contributed by atoms with Crippen LogP contribution in [0.2, 0.25) is 0 Å². The summed E-state index contributed by atoms with van der Waals surface area (Å²) in [4.78, 5) is 8.85. The monoisotopic (exact) mass is 235 g/mol. The van der Waals surface area contributed by atoms with E-state index in [1.54, 1.807) is 0 Å². The van der Waals surface area contributed by atoms with Crippen molar-refractivity contribution in [2.24, 2.45) is 0 Å². The van der Waals surface area contributed by atoms with Gasteiger partial charge in [-0.05, 0) is 25.5 Å². The minimum Gasteiger partial charge on any atom is -0.308 e. The lowest BCUT2D eigenvalue weighted by molar-refractivity contribution is 0.462. The normalized spacial score (nSPS) is 12.6. The summed E-state index contributed by atoms with van der Waals surface area (Å²) in [6, 6.07) is 0.317. The fourth-order valence-corrected chi connectivity index (χ4v) is 1.93. The molecule has 0 radical (unpaired) electrons. The summed E-state index contributed by atoms with van der Waals surface area (Å²) in [5.74, 6) is 0.939. The number of rotatable bonds is 8. The molecule has 3 heteroatoms. The molecule has 3 nitrogen and oxygen atoms in total. The summed E-state index contributed by atoms with van der Waals surface area (Å²) in [5.41, 5.74) is 1.12. The molecule has 0 spiro atoms. The van der Waals surface area contributed by atoms with E-state index in [0.29, 0.717) is 6.04 Å². The van der Waals surface area contributed by atoms with E-state index in [-0.39, 0.29) is 0 Å². The van der Waals surface area contributed by atoms with E-state index in [9.17, 15) is 0 Å². The molecule has 0 aromatic carbocycles.